The lowest BCUT2D eigenvalue weighted by molar-refractivity contribution is -0.121. The van der Waals surface area contributed by atoms with Crippen LogP contribution in [0.3, 0.4) is 0 Å². The van der Waals surface area contributed by atoms with E-state index < -0.39 is 11.6 Å². The number of carbonyl (C=O) groups excluding carboxylic acids is 2. The molecule has 0 bridgehead atoms. The van der Waals surface area contributed by atoms with Crippen LogP contribution in [-0.4, -0.2) is 37.7 Å². The average Bonchev–Trinajstić information content (AvgIpc) is 2.50. The van der Waals surface area contributed by atoms with Crippen molar-refractivity contribution in [2.24, 2.45) is 5.92 Å². The molecule has 25 heavy (non-hydrogen) atoms. The fraction of sp³-hybridized carbons (Fsp3) is 0.600. The molecule has 1 rings (SSSR count). The van der Waals surface area contributed by atoms with Gasteiger partial charge in [0.1, 0.15) is 22.7 Å². The minimum Gasteiger partial charge on any atom is -0.493 e. The fourth-order valence-corrected chi connectivity index (χ4v) is 2.09. The Kier molecular flexibility index (Phi) is 8.10. The van der Waals surface area contributed by atoms with Gasteiger partial charge >= 0.3 is 5.97 Å². The highest BCUT2D eigenvalue weighted by atomic mass is 16.6. The van der Waals surface area contributed by atoms with Crippen molar-refractivity contribution in [1.29, 1.82) is 0 Å². The molecule has 0 N–H and O–H groups in total. The summed E-state index contributed by atoms with van der Waals surface area (Å²) in [4.78, 5) is 24.4. The Morgan fingerprint density at radius 2 is 1.80 bits per heavy atom. The molecule has 1 aromatic carbocycles. The van der Waals surface area contributed by atoms with Gasteiger partial charge in [0.25, 0.3) is 0 Å². The van der Waals surface area contributed by atoms with Crippen molar-refractivity contribution in [3.8, 4) is 5.75 Å². The maximum atomic E-state index is 12.4. The minimum absolute atomic E-state index is 0.0309. The van der Waals surface area contributed by atoms with Crippen molar-refractivity contribution in [1.82, 2.24) is 0 Å². The zero-order valence-electron chi connectivity index (χ0n) is 16.2. The maximum Gasteiger partial charge on any atom is 0.342 e. The summed E-state index contributed by atoms with van der Waals surface area (Å²) < 4.78 is 16.2. The summed E-state index contributed by atoms with van der Waals surface area (Å²) >= 11 is 0. The number of ketones is 1. The van der Waals surface area contributed by atoms with Gasteiger partial charge in [-0.05, 0) is 38.5 Å². The molecular formula is C20H30O5. The van der Waals surface area contributed by atoms with Crippen molar-refractivity contribution in [3.05, 3.63) is 29.3 Å². The lowest BCUT2D eigenvalue weighted by Crippen LogP contribution is -2.24. The third-order valence-corrected chi connectivity index (χ3v) is 3.44. The molecule has 0 amide bonds. The van der Waals surface area contributed by atoms with Crippen LogP contribution >= 0.6 is 0 Å². The maximum absolute atomic E-state index is 12.4. The van der Waals surface area contributed by atoms with Gasteiger partial charge in [-0.25, -0.2) is 4.79 Å². The molecule has 5 nitrogen and oxygen atoms in total. The smallest absolute Gasteiger partial charge is 0.342 e. The number of benzene rings is 1. The van der Waals surface area contributed by atoms with Gasteiger partial charge in [0, 0.05) is 32.5 Å². The molecule has 0 atom stereocenters. The number of methoxy groups -OCH3 is 1. The number of rotatable bonds is 9. The summed E-state index contributed by atoms with van der Waals surface area (Å²) in [5.74, 6) is 0.127. The first-order valence-electron chi connectivity index (χ1n) is 8.64. The lowest BCUT2D eigenvalue weighted by Gasteiger charge is -2.21. The van der Waals surface area contributed by atoms with E-state index in [1.807, 2.05) is 34.6 Å². The number of carbonyl (C=O) groups is 2. The molecule has 0 radical (unpaired) electrons. The molecule has 0 spiro atoms. The summed E-state index contributed by atoms with van der Waals surface area (Å²) in [7, 11) is 1.63. The second kappa shape index (κ2) is 9.56. The molecule has 0 aliphatic heterocycles. The van der Waals surface area contributed by atoms with Gasteiger partial charge in [-0.1, -0.05) is 19.9 Å². The van der Waals surface area contributed by atoms with Crippen LogP contribution in [0.15, 0.2) is 18.2 Å². The Hall–Kier alpha value is -1.88. The third-order valence-electron chi connectivity index (χ3n) is 3.44. The molecule has 0 saturated heterocycles. The first kappa shape index (κ1) is 21.2. The van der Waals surface area contributed by atoms with E-state index in [4.69, 9.17) is 14.2 Å². The minimum atomic E-state index is -0.587. The highest BCUT2D eigenvalue weighted by Gasteiger charge is 2.22. The average molecular weight is 350 g/mol. The van der Waals surface area contributed by atoms with Crippen molar-refractivity contribution in [2.45, 2.75) is 53.1 Å². The second-order valence-electron chi connectivity index (χ2n) is 7.33. The summed E-state index contributed by atoms with van der Waals surface area (Å²) in [6.07, 6.45) is 1.03. The van der Waals surface area contributed by atoms with Gasteiger partial charge in [-0.3, -0.25) is 4.79 Å². The molecule has 0 aliphatic carbocycles. The molecular weight excluding hydrogens is 320 g/mol. The first-order chi connectivity index (χ1) is 11.6. The molecule has 0 heterocycles. The van der Waals surface area contributed by atoms with E-state index in [1.54, 1.807) is 25.3 Å². The molecule has 0 fully saturated rings. The van der Waals surface area contributed by atoms with E-state index >= 15 is 0 Å². The van der Waals surface area contributed by atoms with E-state index in [-0.39, 0.29) is 11.7 Å². The summed E-state index contributed by atoms with van der Waals surface area (Å²) in [5.41, 5.74) is 0.609. The van der Waals surface area contributed by atoms with E-state index in [0.717, 1.165) is 5.56 Å². The Balaban J connectivity index is 3.00. The predicted molar refractivity (Wildman–Crippen MR) is 97.1 cm³/mol. The molecule has 0 unspecified atom stereocenters. The topological polar surface area (TPSA) is 61.8 Å². The molecule has 0 aliphatic rings. The van der Waals surface area contributed by atoms with Crippen LogP contribution in [0, 0.1) is 5.92 Å². The van der Waals surface area contributed by atoms with E-state index in [9.17, 15) is 9.59 Å². The van der Waals surface area contributed by atoms with Crippen molar-refractivity contribution < 1.29 is 23.8 Å². The fourth-order valence-electron chi connectivity index (χ4n) is 2.09. The Labute approximate surface area is 150 Å². The number of hydrogen-bond acceptors (Lipinski definition) is 5. The molecule has 0 saturated carbocycles. The number of esters is 1. The summed E-state index contributed by atoms with van der Waals surface area (Å²) in [6.45, 7) is 10.2. The normalized spacial score (nSPS) is 11.5. The highest BCUT2D eigenvalue weighted by molar-refractivity contribution is 5.93. The van der Waals surface area contributed by atoms with Gasteiger partial charge in [0.2, 0.25) is 0 Å². The van der Waals surface area contributed by atoms with Crippen LogP contribution in [0.2, 0.25) is 0 Å². The third kappa shape index (κ3) is 7.69. The number of ether oxygens (including phenoxy) is 3. The van der Waals surface area contributed by atoms with Crippen molar-refractivity contribution >= 4 is 11.8 Å². The van der Waals surface area contributed by atoms with Gasteiger partial charge < -0.3 is 14.2 Å². The van der Waals surface area contributed by atoms with E-state index in [1.165, 1.54) is 0 Å². The van der Waals surface area contributed by atoms with Crippen molar-refractivity contribution in [3.63, 3.8) is 0 Å². The largest absolute Gasteiger partial charge is 0.493 e. The molecule has 0 aromatic heterocycles. The monoisotopic (exact) mass is 350 g/mol. The van der Waals surface area contributed by atoms with E-state index in [2.05, 4.69) is 0 Å². The number of Topliss-reactive ketones (excluding diaryl/α,β-unsaturated/α-hetero) is 1. The van der Waals surface area contributed by atoms with Crippen LogP contribution in [0.25, 0.3) is 0 Å². The van der Waals surface area contributed by atoms with Gasteiger partial charge in [0.15, 0.2) is 0 Å². The van der Waals surface area contributed by atoms with Crippen LogP contribution in [0.4, 0.5) is 0 Å². The Morgan fingerprint density at radius 3 is 2.36 bits per heavy atom. The number of hydrogen-bond donors (Lipinski definition) is 0. The van der Waals surface area contributed by atoms with Gasteiger partial charge in [-0.15, -0.1) is 0 Å². The van der Waals surface area contributed by atoms with Crippen LogP contribution in [-0.2, 0) is 20.7 Å². The van der Waals surface area contributed by atoms with Crippen molar-refractivity contribution in [2.75, 3.05) is 20.3 Å². The molecule has 1 aromatic rings. The second-order valence-corrected chi connectivity index (χ2v) is 7.33. The zero-order chi connectivity index (χ0) is 19.0. The molecule has 5 heteroatoms. The van der Waals surface area contributed by atoms with Crippen LogP contribution in [0.5, 0.6) is 5.75 Å². The summed E-state index contributed by atoms with van der Waals surface area (Å²) in [6, 6.07) is 5.20. The zero-order valence-corrected chi connectivity index (χ0v) is 16.2. The summed E-state index contributed by atoms with van der Waals surface area (Å²) in [5, 5.41) is 0. The predicted octanol–water partition coefficient (Wildman–Crippen LogP) is 3.82. The van der Waals surface area contributed by atoms with Crippen LogP contribution < -0.4 is 4.74 Å². The standard InChI is InChI=1S/C20H30O5/c1-14(2)17(21)12-15-8-9-16(19(22)25-20(3,4)5)18(13-15)24-11-7-10-23-6/h8-9,13-14H,7,10-12H2,1-6H3. The molecule has 140 valence electrons. The lowest BCUT2D eigenvalue weighted by atomic mass is 9.99. The first-order valence-corrected chi connectivity index (χ1v) is 8.64. The van der Waals surface area contributed by atoms with E-state index in [0.29, 0.717) is 37.4 Å². The Bertz CT molecular complexity index is 584. The SMILES string of the molecule is COCCCOc1cc(CC(=O)C(C)C)ccc1C(=O)OC(C)(C)C. The highest BCUT2D eigenvalue weighted by Crippen LogP contribution is 2.24. The van der Waals surface area contributed by atoms with Gasteiger partial charge in [-0.2, -0.15) is 0 Å². The quantitative estimate of drug-likeness (QED) is 0.500. The van der Waals surface area contributed by atoms with Gasteiger partial charge in [0.05, 0.1) is 6.61 Å². The van der Waals surface area contributed by atoms with Crippen LogP contribution in [0.1, 0.15) is 57.0 Å². The Morgan fingerprint density at radius 1 is 1.12 bits per heavy atom.